The topological polar surface area (TPSA) is 108 Å². The summed E-state index contributed by atoms with van der Waals surface area (Å²) in [6.45, 7) is 0. The number of unbranched alkanes of at least 4 members (excludes halogenated alkanes) is 2. The molecule has 0 spiro atoms. The lowest BCUT2D eigenvalue weighted by molar-refractivity contribution is -0.139. The van der Waals surface area contributed by atoms with Crippen molar-refractivity contribution in [3.63, 3.8) is 0 Å². The molecule has 0 aliphatic carbocycles. The fourth-order valence-electron chi connectivity index (χ4n) is 2.06. The molecule has 8 heteroatoms. The standard InChI is InChI=1S/C16H22N2O5S/c1-23-12-9-7-11(8-10-12)17-16(24)18-13(15(21)22)5-3-2-4-6-14(19)20/h7-10,13H,2-6H2,1H3,(H,19,20)(H,21,22)(H2,17,18,24)/t13-/m0/s1. The second kappa shape index (κ2) is 10.4. The van der Waals surface area contributed by atoms with E-state index in [2.05, 4.69) is 10.6 Å². The van der Waals surface area contributed by atoms with Gasteiger partial charge in [0, 0.05) is 12.1 Å². The van der Waals surface area contributed by atoms with Crippen molar-refractivity contribution in [3.8, 4) is 5.75 Å². The van der Waals surface area contributed by atoms with Crippen LogP contribution in [0.1, 0.15) is 32.1 Å². The highest BCUT2D eigenvalue weighted by Gasteiger charge is 2.17. The van der Waals surface area contributed by atoms with Gasteiger partial charge in [-0.3, -0.25) is 4.79 Å². The number of nitrogens with one attached hydrogen (secondary N) is 2. The largest absolute Gasteiger partial charge is 0.497 e. The van der Waals surface area contributed by atoms with Crippen LogP contribution in [0.4, 0.5) is 5.69 Å². The molecule has 0 aliphatic heterocycles. The van der Waals surface area contributed by atoms with Crippen LogP contribution in [0.2, 0.25) is 0 Å². The smallest absolute Gasteiger partial charge is 0.326 e. The summed E-state index contributed by atoms with van der Waals surface area (Å²) in [7, 11) is 1.57. The van der Waals surface area contributed by atoms with Gasteiger partial charge < -0.3 is 25.6 Å². The first-order chi connectivity index (χ1) is 11.4. The first-order valence-electron chi connectivity index (χ1n) is 7.58. The van der Waals surface area contributed by atoms with Crippen molar-refractivity contribution in [2.45, 2.75) is 38.1 Å². The van der Waals surface area contributed by atoms with E-state index in [0.29, 0.717) is 31.4 Å². The molecule has 0 saturated carbocycles. The number of hydrogen-bond acceptors (Lipinski definition) is 4. The molecule has 0 bridgehead atoms. The highest BCUT2D eigenvalue weighted by molar-refractivity contribution is 7.80. The minimum atomic E-state index is -0.993. The van der Waals surface area contributed by atoms with E-state index in [0.717, 1.165) is 5.69 Å². The van der Waals surface area contributed by atoms with Gasteiger partial charge in [0.2, 0.25) is 0 Å². The normalized spacial score (nSPS) is 11.4. The van der Waals surface area contributed by atoms with Gasteiger partial charge in [-0.15, -0.1) is 0 Å². The molecule has 0 radical (unpaired) electrons. The maximum absolute atomic E-state index is 11.3. The highest BCUT2D eigenvalue weighted by atomic mass is 32.1. The second-order valence-corrected chi connectivity index (χ2v) is 5.62. The summed E-state index contributed by atoms with van der Waals surface area (Å²) in [6, 6.07) is 6.26. The van der Waals surface area contributed by atoms with Crippen LogP contribution in [0.5, 0.6) is 5.75 Å². The lowest BCUT2D eigenvalue weighted by Gasteiger charge is -2.17. The number of carbonyl (C=O) groups is 2. The average Bonchev–Trinajstić information content (AvgIpc) is 2.53. The van der Waals surface area contributed by atoms with E-state index in [9.17, 15) is 14.7 Å². The third kappa shape index (κ3) is 7.77. The van der Waals surface area contributed by atoms with Crippen LogP contribution in [0.25, 0.3) is 0 Å². The molecule has 4 N–H and O–H groups in total. The fourth-order valence-corrected chi connectivity index (χ4v) is 2.32. The van der Waals surface area contributed by atoms with Crippen molar-refractivity contribution < 1.29 is 24.5 Å². The molecule has 1 aromatic carbocycles. The summed E-state index contributed by atoms with van der Waals surface area (Å²) in [5.41, 5.74) is 0.721. The van der Waals surface area contributed by atoms with Gasteiger partial charge in [-0.05, 0) is 49.3 Å². The van der Waals surface area contributed by atoms with Crippen molar-refractivity contribution in [3.05, 3.63) is 24.3 Å². The van der Waals surface area contributed by atoms with Crippen molar-refractivity contribution in [2.24, 2.45) is 0 Å². The Morgan fingerprint density at radius 1 is 1.17 bits per heavy atom. The van der Waals surface area contributed by atoms with Crippen LogP contribution in [0.3, 0.4) is 0 Å². The zero-order valence-corrected chi connectivity index (χ0v) is 14.3. The van der Waals surface area contributed by atoms with Crippen LogP contribution in [-0.2, 0) is 9.59 Å². The number of carboxylic acid groups (broad SMARTS) is 2. The summed E-state index contributed by atoms with van der Waals surface area (Å²) >= 11 is 5.13. The van der Waals surface area contributed by atoms with Gasteiger partial charge in [-0.25, -0.2) is 4.79 Å². The second-order valence-electron chi connectivity index (χ2n) is 5.21. The number of hydrogen-bond donors (Lipinski definition) is 4. The predicted octanol–water partition coefficient (Wildman–Crippen LogP) is 2.47. The molecule has 0 unspecified atom stereocenters. The van der Waals surface area contributed by atoms with Crippen molar-refractivity contribution >= 4 is 35.0 Å². The first kappa shape index (κ1) is 19.7. The van der Waals surface area contributed by atoms with Gasteiger partial charge in [0.05, 0.1) is 7.11 Å². The third-order valence-electron chi connectivity index (χ3n) is 3.33. The van der Waals surface area contributed by atoms with E-state index >= 15 is 0 Å². The fraction of sp³-hybridized carbons (Fsp3) is 0.438. The maximum atomic E-state index is 11.3. The Balaban J connectivity index is 2.41. The zero-order valence-electron chi connectivity index (χ0n) is 13.4. The van der Waals surface area contributed by atoms with Crippen molar-refractivity contribution in [1.82, 2.24) is 5.32 Å². The maximum Gasteiger partial charge on any atom is 0.326 e. The molecule has 0 saturated heterocycles. The number of benzene rings is 1. The molecule has 0 aromatic heterocycles. The van der Waals surface area contributed by atoms with Gasteiger partial charge in [-0.1, -0.05) is 12.8 Å². The number of aliphatic carboxylic acids is 2. The summed E-state index contributed by atoms with van der Waals surface area (Å²) in [6.07, 6.45) is 2.29. The molecular weight excluding hydrogens is 332 g/mol. The van der Waals surface area contributed by atoms with Crippen molar-refractivity contribution in [1.29, 1.82) is 0 Å². The molecule has 7 nitrogen and oxygen atoms in total. The molecule has 1 atom stereocenters. The van der Waals surface area contributed by atoms with Crippen LogP contribution >= 0.6 is 12.2 Å². The van der Waals surface area contributed by atoms with Crippen LogP contribution < -0.4 is 15.4 Å². The SMILES string of the molecule is COc1ccc(NC(=S)N[C@@H](CCCCCC(=O)O)C(=O)O)cc1. The number of thiocarbonyl (C=S) groups is 1. The summed E-state index contributed by atoms with van der Waals surface area (Å²) in [5.74, 6) is -1.12. The zero-order chi connectivity index (χ0) is 17.9. The molecule has 0 amide bonds. The molecule has 0 aliphatic rings. The van der Waals surface area contributed by atoms with E-state index in [4.69, 9.17) is 22.1 Å². The Labute approximate surface area is 146 Å². The Morgan fingerprint density at radius 2 is 1.83 bits per heavy atom. The number of rotatable bonds is 10. The van der Waals surface area contributed by atoms with Gasteiger partial charge >= 0.3 is 11.9 Å². The van der Waals surface area contributed by atoms with E-state index < -0.39 is 18.0 Å². The quantitative estimate of drug-likeness (QED) is 0.375. The van der Waals surface area contributed by atoms with Gasteiger partial charge in [0.25, 0.3) is 0 Å². The third-order valence-corrected chi connectivity index (χ3v) is 3.55. The number of methoxy groups -OCH3 is 1. The average molecular weight is 354 g/mol. The minimum absolute atomic E-state index is 0.0998. The van der Waals surface area contributed by atoms with Crippen LogP contribution in [-0.4, -0.2) is 40.4 Å². The summed E-state index contributed by atoms with van der Waals surface area (Å²) in [5, 5.41) is 23.7. The van der Waals surface area contributed by atoms with E-state index in [1.165, 1.54) is 0 Å². The van der Waals surface area contributed by atoms with Crippen LogP contribution in [0, 0.1) is 0 Å². The van der Waals surface area contributed by atoms with Crippen molar-refractivity contribution in [2.75, 3.05) is 12.4 Å². The molecule has 24 heavy (non-hydrogen) atoms. The van der Waals surface area contributed by atoms with E-state index in [1.807, 2.05) is 0 Å². The van der Waals surface area contributed by atoms with E-state index in [1.54, 1.807) is 31.4 Å². The minimum Gasteiger partial charge on any atom is -0.497 e. The monoisotopic (exact) mass is 354 g/mol. The first-order valence-corrected chi connectivity index (χ1v) is 7.99. The van der Waals surface area contributed by atoms with Gasteiger partial charge in [0.1, 0.15) is 11.8 Å². The Morgan fingerprint density at radius 3 is 2.38 bits per heavy atom. The Hall–Kier alpha value is -2.35. The molecule has 1 rings (SSSR count). The van der Waals surface area contributed by atoms with Gasteiger partial charge in [-0.2, -0.15) is 0 Å². The lowest BCUT2D eigenvalue weighted by atomic mass is 10.1. The molecular formula is C16H22N2O5S. The Bertz CT molecular complexity index is 562. The molecule has 0 heterocycles. The van der Waals surface area contributed by atoms with Gasteiger partial charge in [0.15, 0.2) is 5.11 Å². The number of ether oxygens (including phenoxy) is 1. The highest BCUT2D eigenvalue weighted by Crippen LogP contribution is 2.15. The van der Waals surface area contributed by atoms with E-state index in [-0.39, 0.29) is 11.5 Å². The molecule has 132 valence electrons. The summed E-state index contributed by atoms with van der Waals surface area (Å²) < 4.78 is 5.06. The lowest BCUT2D eigenvalue weighted by Crippen LogP contribution is -2.42. The Kier molecular flexibility index (Phi) is 8.56. The molecule has 0 fully saturated rings. The summed E-state index contributed by atoms with van der Waals surface area (Å²) in [4.78, 5) is 21.7. The number of anilines is 1. The number of carboxylic acids is 2. The molecule has 1 aromatic rings. The van der Waals surface area contributed by atoms with Crippen LogP contribution in [0.15, 0.2) is 24.3 Å². The predicted molar refractivity (Wildman–Crippen MR) is 94.5 cm³/mol.